The number of aliphatic hydroxyl groups is 1. The van der Waals surface area contributed by atoms with E-state index in [4.69, 9.17) is 0 Å². The molecule has 1 amide bonds. The van der Waals surface area contributed by atoms with E-state index >= 15 is 0 Å². The molecule has 6 heteroatoms. The third-order valence-electron chi connectivity index (χ3n) is 4.24. The van der Waals surface area contributed by atoms with Crippen LogP contribution in [0.2, 0.25) is 0 Å². The van der Waals surface area contributed by atoms with Crippen molar-refractivity contribution in [3.63, 3.8) is 0 Å². The van der Waals surface area contributed by atoms with Crippen LogP contribution in [-0.4, -0.2) is 27.3 Å². The quantitative estimate of drug-likeness (QED) is 0.760. The van der Waals surface area contributed by atoms with Gasteiger partial charge >= 0.3 is 0 Å². The number of aromatic nitrogens is 2. The predicted molar refractivity (Wildman–Crippen MR) is 90.1 cm³/mol. The number of halogens is 1. The van der Waals surface area contributed by atoms with Crippen LogP contribution in [0.5, 0.6) is 0 Å². The second kappa shape index (κ2) is 7.57. The summed E-state index contributed by atoms with van der Waals surface area (Å²) in [6.45, 7) is 7.55. The molecule has 0 saturated carbocycles. The molecule has 0 unspecified atom stereocenters. The average Bonchev–Trinajstić information content (AvgIpc) is 2.86. The van der Waals surface area contributed by atoms with Gasteiger partial charge in [0.05, 0.1) is 17.8 Å². The van der Waals surface area contributed by atoms with Gasteiger partial charge in [-0.3, -0.25) is 9.89 Å². The lowest BCUT2D eigenvalue weighted by Crippen LogP contribution is -2.37. The number of amides is 1. The molecule has 24 heavy (non-hydrogen) atoms. The van der Waals surface area contributed by atoms with Crippen LogP contribution in [0.15, 0.2) is 24.3 Å². The molecule has 0 bridgehead atoms. The molecule has 0 aliphatic rings. The highest BCUT2D eigenvalue weighted by molar-refractivity contribution is 5.77. The first-order valence-corrected chi connectivity index (χ1v) is 8.04. The van der Waals surface area contributed by atoms with Crippen molar-refractivity contribution in [2.75, 3.05) is 0 Å². The fraction of sp³-hybridized carbons (Fsp3) is 0.444. The first-order valence-electron chi connectivity index (χ1n) is 8.04. The fourth-order valence-corrected chi connectivity index (χ4v) is 3.01. The Hall–Kier alpha value is -2.21. The summed E-state index contributed by atoms with van der Waals surface area (Å²) < 4.78 is 12.9. The highest BCUT2D eigenvalue weighted by Crippen LogP contribution is 2.24. The number of aromatic amines is 1. The lowest BCUT2D eigenvalue weighted by molar-refractivity contribution is -0.122. The van der Waals surface area contributed by atoms with Crippen molar-refractivity contribution in [1.82, 2.24) is 15.5 Å². The number of carbonyl (C=O) groups is 1. The van der Waals surface area contributed by atoms with Gasteiger partial charge in [0, 0.05) is 12.1 Å². The summed E-state index contributed by atoms with van der Waals surface area (Å²) in [4.78, 5) is 12.3. The summed E-state index contributed by atoms with van der Waals surface area (Å²) in [7, 11) is 0. The molecule has 0 spiro atoms. The van der Waals surface area contributed by atoms with E-state index in [1.807, 2.05) is 20.8 Å². The number of H-pyrrole nitrogens is 1. The van der Waals surface area contributed by atoms with Gasteiger partial charge in [0.15, 0.2) is 0 Å². The van der Waals surface area contributed by atoms with Gasteiger partial charge in [0.25, 0.3) is 0 Å². The number of benzene rings is 1. The van der Waals surface area contributed by atoms with Crippen molar-refractivity contribution >= 4 is 5.91 Å². The van der Waals surface area contributed by atoms with Crippen molar-refractivity contribution in [2.24, 2.45) is 0 Å². The maximum absolute atomic E-state index is 12.9. The largest absolute Gasteiger partial charge is 0.386 e. The van der Waals surface area contributed by atoms with Gasteiger partial charge in [-0.1, -0.05) is 19.1 Å². The summed E-state index contributed by atoms with van der Waals surface area (Å²) in [6.07, 6.45) is -0.580. The third kappa shape index (κ3) is 4.20. The van der Waals surface area contributed by atoms with Crippen molar-refractivity contribution < 1.29 is 14.3 Å². The molecule has 0 aliphatic carbocycles. The van der Waals surface area contributed by atoms with Gasteiger partial charge in [0.2, 0.25) is 5.91 Å². The van der Waals surface area contributed by atoms with E-state index in [0.717, 1.165) is 17.0 Å². The van der Waals surface area contributed by atoms with Crippen LogP contribution in [-0.2, 0) is 4.79 Å². The van der Waals surface area contributed by atoms with Gasteiger partial charge in [-0.05, 0) is 49.9 Å². The zero-order valence-electron chi connectivity index (χ0n) is 14.4. The molecular weight excluding hydrogens is 309 g/mol. The van der Waals surface area contributed by atoms with Gasteiger partial charge in [0.1, 0.15) is 5.82 Å². The van der Waals surface area contributed by atoms with Crippen molar-refractivity contribution in [2.45, 2.75) is 52.2 Å². The number of aliphatic hydroxyl groups excluding tert-OH is 1. The van der Waals surface area contributed by atoms with Crippen LogP contribution >= 0.6 is 0 Å². The summed E-state index contributed by atoms with van der Waals surface area (Å²) >= 11 is 0. The minimum absolute atomic E-state index is 0.0268. The Morgan fingerprint density at radius 1 is 1.29 bits per heavy atom. The predicted octanol–water partition coefficient (Wildman–Crippen LogP) is 2.90. The Bertz CT molecular complexity index is 677. The summed E-state index contributed by atoms with van der Waals surface area (Å²) in [5, 5.41) is 20.2. The van der Waals surface area contributed by atoms with E-state index in [1.165, 1.54) is 24.3 Å². The Balaban J connectivity index is 1.95. The maximum Gasteiger partial charge on any atom is 0.220 e. The van der Waals surface area contributed by atoms with Gasteiger partial charge in [-0.2, -0.15) is 5.10 Å². The third-order valence-corrected chi connectivity index (χ3v) is 4.24. The number of nitrogens with zero attached hydrogens (tertiary/aromatic N) is 1. The van der Waals surface area contributed by atoms with Crippen LogP contribution in [0.3, 0.4) is 0 Å². The number of carbonyl (C=O) groups excluding carboxylic acids is 1. The minimum atomic E-state index is -0.887. The Morgan fingerprint density at radius 3 is 2.46 bits per heavy atom. The second-order valence-corrected chi connectivity index (χ2v) is 6.31. The van der Waals surface area contributed by atoms with Gasteiger partial charge in [-0.15, -0.1) is 0 Å². The molecule has 0 fully saturated rings. The molecule has 3 N–H and O–H groups in total. The molecule has 3 atom stereocenters. The summed E-state index contributed by atoms with van der Waals surface area (Å²) in [6, 6.07) is 5.15. The summed E-state index contributed by atoms with van der Waals surface area (Å²) in [5.74, 6) is -0.475. The summed E-state index contributed by atoms with van der Waals surface area (Å²) in [5.41, 5.74) is 3.48. The van der Waals surface area contributed by atoms with E-state index in [2.05, 4.69) is 15.5 Å². The molecule has 5 nitrogen and oxygen atoms in total. The molecule has 2 rings (SSSR count). The second-order valence-electron chi connectivity index (χ2n) is 6.31. The molecule has 0 radical (unpaired) electrons. The lowest BCUT2D eigenvalue weighted by Gasteiger charge is -2.22. The minimum Gasteiger partial charge on any atom is -0.386 e. The molecule has 2 aromatic rings. The van der Waals surface area contributed by atoms with Crippen LogP contribution in [0.25, 0.3) is 0 Å². The van der Waals surface area contributed by atoms with Crippen LogP contribution in [0.4, 0.5) is 4.39 Å². The normalized spacial score (nSPS) is 14.9. The zero-order valence-corrected chi connectivity index (χ0v) is 14.4. The van der Waals surface area contributed by atoms with E-state index in [1.54, 1.807) is 6.92 Å². The number of rotatable bonds is 6. The molecule has 0 saturated heterocycles. The first kappa shape index (κ1) is 18.1. The highest BCUT2D eigenvalue weighted by atomic mass is 19.1. The van der Waals surface area contributed by atoms with E-state index in [9.17, 15) is 14.3 Å². The van der Waals surface area contributed by atoms with E-state index in [-0.39, 0.29) is 17.6 Å². The number of hydrogen-bond acceptors (Lipinski definition) is 3. The van der Waals surface area contributed by atoms with Crippen LogP contribution < -0.4 is 5.32 Å². The maximum atomic E-state index is 12.9. The van der Waals surface area contributed by atoms with E-state index < -0.39 is 12.1 Å². The van der Waals surface area contributed by atoms with Crippen molar-refractivity contribution in [3.05, 3.63) is 52.6 Å². The molecular formula is C18H24FN3O2. The number of aryl methyl sites for hydroxylation is 2. The smallest absolute Gasteiger partial charge is 0.220 e. The SMILES string of the molecule is Cc1n[nH]c(C)c1[C@H](C)CC(=O)N[C@@H](C)[C@@H](O)c1ccc(F)cc1. The molecule has 1 aromatic heterocycles. The average molecular weight is 333 g/mol. The Morgan fingerprint density at radius 2 is 1.92 bits per heavy atom. The van der Waals surface area contributed by atoms with Crippen LogP contribution in [0, 0.1) is 19.7 Å². The topological polar surface area (TPSA) is 78.0 Å². The molecule has 0 aliphatic heterocycles. The Labute approximate surface area is 141 Å². The van der Waals surface area contributed by atoms with Crippen molar-refractivity contribution in [3.8, 4) is 0 Å². The van der Waals surface area contributed by atoms with Gasteiger partial charge in [-0.25, -0.2) is 4.39 Å². The molecule has 1 heterocycles. The number of hydrogen-bond donors (Lipinski definition) is 3. The Kier molecular flexibility index (Phi) is 5.72. The fourth-order valence-electron chi connectivity index (χ4n) is 3.01. The first-order chi connectivity index (χ1) is 11.3. The van der Waals surface area contributed by atoms with Crippen LogP contribution in [0.1, 0.15) is 54.8 Å². The lowest BCUT2D eigenvalue weighted by atomic mass is 9.95. The van der Waals surface area contributed by atoms with E-state index in [0.29, 0.717) is 12.0 Å². The highest BCUT2D eigenvalue weighted by Gasteiger charge is 2.22. The number of nitrogens with one attached hydrogen (secondary N) is 2. The zero-order chi connectivity index (χ0) is 17.9. The van der Waals surface area contributed by atoms with Gasteiger partial charge < -0.3 is 10.4 Å². The standard InChI is InChI=1S/C18H24FN3O2/c1-10(17-11(2)21-22-12(17)3)9-16(23)20-13(4)18(24)14-5-7-15(19)8-6-14/h5-8,10,13,18,24H,9H2,1-4H3,(H,20,23)(H,21,22)/t10-,13+,18-/m1/s1. The molecule has 130 valence electrons. The van der Waals surface area contributed by atoms with Crippen molar-refractivity contribution in [1.29, 1.82) is 0 Å². The monoisotopic (exact) mass is 333 g/mol. The molecule has 1 aromatic carbocycles.